The first-order valence-electron chi connectivity index (χ1n) is 6.48. The number of amides is 2. The molecule has 1 aliphatic heterocycles. The molecular weight excluding hydrogens is 330 g/mol. The van der Waals surface area contributed by atoms with Crippen LogP contribution in [0.25, 0.3) is 0 Å². The second kappa shape index (κ2) is 7.57. The molecule has 2 heterocycles. The quantitative estimate of drug-likeness (QED) is 0.773. The van der Waals surface area contributed by atoms with Crippen LogP contribution in [-0.4, -0.2) is 43.5 Å². The van der Waals surface area contributed by atoms with Crippen molar-refractivity contribution in [3.05, 3.63) is 17.0 Å². The van der Waals surface area contributed by atoms with Crippen LogP contribution in [0.15, 0.2) is 11.4 Å². The molecule has 1 aromatic rings. The predicted molar refractivity (Wildman–Crippen MR) is 85.5 cm³/mol. The number of methoxy groups -OCH3 is 1. The molecule has 22 heavy (non-hydrogen) atoms. The van der Waals surface area contributed by atoms with Gasteiger partial charge in [0.1, 0.15) is 11.0 Å². The molecule has 3 N–H and O–H groups in total. The summed E-state index contributed by atoms with van der Waals surface area (Å²) in [7, 11) is 1.29. The molecule has 2 rings (SSSR count). The summed E-state index contributed by atoms with van der Waals surface area (Å²) in [5.41, 5.74) is 5.83. The van der Waals surface area contributed by atoms with Gasteiger partial charge >= 0.3 is 5.97 Å². The van der Waals surface area contributed by atoms with Crippen LogP contribution < -0.4 is 16.0 Å². The molecule has 2 atom stereocenters. The molecule has 1 unspecified atom stereocenters. The Morgan fingerprint density at radius 2 is 2.23 bits per heavy atom. The number of halogens is 1. The van der Waals surface area contributed by atoms with Gasteiger partial charge in [0.2, 0.25) is 11.8 Å². The second-order valence-electron chi connectivity index (χ2n) is 4.76. The van der Waals surface area contributed by atoms with E-state index in [0.29, 0.717) is 23.5 Å². The summed E-state index contributed by atoms with van der Waals surface area (Å²) in [6, 6.07) is 0.350. The number of ether oxygens (including phenoxy) is 1. The first-order valence-corrected chi connectivity index (χ1v) is 7.36. The van der Waals surface area contributed by atoms with Gasteiger partial charge in [0.05, 0.1) is 18.7 Å². The first kappa shape index (κ1) is 18.4. The Balaban J connectivity index is 0.00000242. The van der Waals surface area contributed by atoms with Crippen LogP contribution in [0.2, 0.25) is 0 Å². The molecule has 2 amide bonds. The number of hydrogen-bond acceptors (Lipinski definition) is 6. The number of carbonyl (C=O) groups is 3. The lowest BCUT2D eigenvalue weighted by atomic mass is 10.2. The van der Waals surface area contributed by atoms with Gasteiger partial charge in [-0.15, -0.1) is 23.7 Å². The van der Waals surface area contributed by atoms with Gasteiger partial charge in [0.15, 0.2) is 0 Å². The smallest absolute Gasteiger partial charge is 0.340 e. The zero-order valence-corrected chi connectivity index (χ0v) is 13.8. The van der Waals surface area contributed by atoms with Crippen molar-refractivity contribution < 1.29 is 19.1 Å². The van der Waals surface area contributed by atoms with Gasteiger partial charge in [-0.2, -0.15) is 0 Å². The minimum Gasteiger partial charge on any atom is -0.465 e. The normalized spacial score (nSPS) is 18.6. The molecule has 9 heteroatoms. The molecule has 1 aromatic heterocycles. The average Bonchev–Trinajstić information content (AvgIpc) is 3.05. The Labute approximate surface area is 138 Å². The molecule has 0 bridgehead atoms. The van der Waals surface area contributed by atoms with E-state index in [1.807, 2.05) is 0 Å². The average molecular weight is 348 g/mol. The van der Waals surface area contributed by atoms with Gasteiger partial charge in [-0.05, 0) is 24.8 Å². The van der Waals surface area contributed by atoms with E-state index in [1.165, 1.54) is 23.3 Å². The lowest BCUT2D eigenvalue weighted by molar-refractivity contribution is -0.127. The summed E-state index contributed by atoms with van der Waals surface area (Å²) in [6.07, 6.45) is 0.482. The van der Waals surface area contributed by atoms with Crippen LogP contribution in [-0.2, 0) is 14.3 Å². The van der Waals surface area contributed by atoms with E-state index in [-0.39, 0.29) is 24.2 Å². The molecule has 122 valence electrons. The highest BCUT2D eigenvalue weighted by Gasteiger charge is 2.36. The lowest BCUT2D eigenvalue weighted by Gasteiger charge is -2.17. The second-order valence-corrected chi connectivity index (χ2v) is 5.65. The Kier molecular flexibility index (Phi) is 6.34. The maximum absolute atomic E-state index is 12.4. The Morgan fingerprint density at radius 3 is 2.82 bits per heavy atom. The van der Waals surface area contributed by atoms with Gasteiger partial charge < -0.3 is 20.7 Å². The molecule has 1 aliphatic rings. The van der Waals surface area contributed by atoms with Crippen molar-refractivity contribution in [1.82, 2.24) is 5.32 Å². The number of nitrogens with two attached hydrogens (primary N) is 1. The third-order valence-electron chi connectivity index (χ3n) is 3.23. The summed E-state index contributed by atoms with van der Waals surface area (Å²) < 4.78 is 4.70. The van der Waals surface area contributed by atoms with Crippen LogP contribution in [0.4, 0.5) is 5.00 Å². The molecule has 7 nitrogen and oxygen atoms in total. The minimum atomic E-state index is -0.667. The largest absolute Gasteiger partial charge is 0.465 e. The van der Waals surface area contributed by atoms with Gasteiger partial charge in [0, 0.05) is 6.54 Å². The van der Waals surface area contributed by atoms with Crippen LogP contribution in [0.1, 0.15) is 23.7 Å². The van der Waals surface area contributed by atoms with Crippen LogP contribution >= 0.6 is 23.7 Å². The van der Waals surface area contributed by atoms with Crippen LogP contribution in [0.5, 0.6) is 0 Å². The summed E-state index contributed by atoms with van der Waals surface area (Å²) in [5.74, 6) is -1.09. The zero-order valence-electron chi connectivity index (χ0n) is 12.2. The topological polar surface area (TPSA) is 102 Å². The highest BCUT2D eigenvalue weighted by Crippen LogP contribution is 2.31. The molecule has 0 aromatic carbocycles. The third-order valence-corrected chi connectivity index (χ3v) is 4.17. The van der Waals surface area contributed by atoms with Crippen molar-refractivity contribution in [3.63, 3.8) is 0 Å². The molecule has 0 spiro atoms. The fraction of sp³-hybridized carbons (Fsp3) is 0.462. The minimum absolute atomic E-state index is 0. The number of hydrogen-bond donors (Lipinski definition) is 2. The van der Waals surface area contributed by atoms with Gasteiger partial charge in [-0.25, -0.2) is 4.79 Å². The molecule has 1 fully saturated rings. The Hall–Kier alpha value is -1.64. The predicted octanol–water partition coefficient (Wildman–Crippen LogP) is 0.525. The van der Waals surface area contributed by atoms with Gasteiger partial charge in [-0.3, -0.25) is 9.59 Å². The molecule has 0 radical (unpaired) electrons. The monoisotopic (exact) mass is 347 g/mol. The first-order chi connectivity index (χ1) is 9.95. The van der Waals surface area contributed by atoms with E-state index in [1.54, 1.807) is 18.4 Å². The van der Waals surface area contributed by atoms with E-state index in [4.69, 9.17) is 10.5 Å². The number of rotatable bonds is 4. The third kappa shape index (κ3) is 3.57. The van der Waals surface area contributed by atoms with Gasteiger partial charge in [-0.1, -0.05) is 0 Å². The summed E-state index contributed by atoms with van der Waals surface area (Å²) in [6.45, 7) is 1.99. The van der Waals surface area contributed by atoms with Gasteiger partial charge in [0.25, 0.3) is 0 Å². The van der Waals surface area contributed by atoms with Crippen molar-refractivity contribution >= 4 is 46.5 Å². The maximum atomic E-state index is 12.4. The summed E-state index contributed by atoms with van der Waals surface area (Å²) in [4.78, 5) is 37.1. The fourth-order valence-corrected chi connectivity index (χ4v) is 3.01. The van der Waals surface area contributed by atoms with Crippen molar-refractivity contribution in [2.24, 2.45) is 5.73 Å². The zero-order chi connectivity index (χ0) is 15.6. The molecule has 0 aliphatic carbocycles. The lowest BCUT2D eigenvalue weighted by Crippen LogP contribution is -2.47. The van der Waals surface area contributed by atoms with Crippen molar-refractivity contribution in [2.45, 2.75) is 25.4 Å². The van der Waals surface area contributed by atoms with E-state index in [9.17, 15) is 14.4 Å². The van der Waals surface area contributed by atoms with E-state index < -0.39 is 18.1 Å². The highest BCUT2D eigenvalue weighted by molar-refractivity contribution is 7.14. The fourth-order valence-electron chi connectivity index (χ4n) is 2.09. The van der Waals surface area contributed by atoms with E-state index >= 15 is 0 Å². The Morgan fingerprint density at radius 1 is 1.55 bits per heavy atom. The summed E-state index contributed by atoms with van der Waals surface area (Å²) >= 11 is 1.29. The van der Waals surface area contributed by atoms with Crippen LogP contribution in [0, 0.1) is 0 Å². The van der Waals surface area contributed by atoms with Crippen molar-refractivity contribution in [1.29, 1.82) is 0 Å². The van der Waals surface area contributed by atoms with E-state index in [0.717, 1.165) is 0 Å². The number of nitrogens with zero attached hydrogens (tertiary/aromatic N) is 1. The SMILES string of the molecule is COC(=O)c1ccsc1N1CCC(NC(=O)[C@H](C)N)C1=O.Cl. The summed E-state index contributed by atoms with van der Waals surface area (Å²) in [5, 5.41) is 4.89. The number of carbonyl (C=O) groups excluding carboxylic acids is 3. The standard InChI is InChI=1S/C13H17N3O4S.ClH/c1-7(14)10(17)15-9-3-5-16(11(9)18)12-8(4-6-21-12)13(19)20-2;/h4,6-7,9H,3,5,14H2,1-2H3,(H,15,17);1H/t7-,9?;/m0./s1. The molecule has 0 saturated carbocycles. The van der Waals surface area contributed by atoms with Crippen LogP contribution in [0.3, 0.4) is 0 Å². The Bertz CT molecular complexity index is 575. The molecular formula is C13H18ClN3O4S. The number of nitrogens with one attached hydrogen (secondary N) is 1. The highest BCUT2D eigenvalue weighted by atomic mass is 35.5. The van der Waals surface area contributed by atoms with Crippen molar-refractivity contribution in [3.8, 4) is 0 Å². The number of thiophene rings is 1. The maximum Gasteiger partial charge on any atom is 0.340 e. The van der Waals surface area contributed by atoms with Crippen molar-refractivity contribution in [2.75, 3.05) is 18.6 Å². The molecule has 1 saturated heterocycles. The number of anilines is 1. The van der Waals surface area contributed by atoms with E-state index in [2.05, 4.69) is 5.32 Å². The number of esters is 1.